The zero-order valence-electron chi connectivity index (χ0n) is 16.0. The van der Waals surface area contributed by atoms with Gasteiger partial charge in [-0.25, -0.2) is 0 Å². The average Bonchev–Trinajstić information content (AvgIpc) is 3.25. The number of fused-ring (bicyclic) bond motifs is 1. The minimum atomic E-state index is -0.156. The van der Waals surface area contributed by atoms with Crippen LogP contribution in [0.1, 0.15) is 46.7 Å². The van der Waals surface area contributed by atoms with E-state index in [9.17, 15) is 9.59 Å². The van der Waals surface area contributed by atoms with Crippen LogP contribution >= 0.6 is 0 Å². The van der Waals surface area contributed by atoms with Crippen LogP contribution in [-0.4, -0.2) is 21.1 Å². The van der Waals surface area contributed by atoms with Crippen molar-refractivity contribution >= 4 is 16.8 Å². The summed E-state index contributed by atoms with van der Waals surface area (Å²) in [6, 6.07) is 10.5. The fourth-order valence-electron chi connectivity index (χ4n) is 4.56. The second-order valence-corrected chi connectivity index (χ2v) is 7.63. The van der Waals surface area contributed by atoms with Crippen LogP contribution in [0.25, 0.3) is 10.9 Å². The van der Waals surface area contributed by atoms with Gasteiger partial charge in [-0.3, -0.25) is 9.59 Å². The molecule has 2 aromatic heterocycles. The number of aryl methyl sites for hydroxylation is 3. The topological polar surface area (TPSA) is 56.0 Å². The number of hydrogen-bond acceptors (Lipinski definition) is 2. The Morgan fingerprint density at radius 2 is 1.81 bits per heavy atom. The van der Waals surface area contributed by atoms with Gasteiger partial charge in [0.05, 0.1) is 16.5 Å². The summed E-state index contributed by atoms with van der Waals surface area (Å²) in [5.41, 5.74) is 3.42. The summed E-state index contributed by atoms with van der Waals surface area (Å²) in [5.74, 6) is 0.172. The first-order valence-electron chi connectivity index (χ1n) is 9.48. The Kier molecular flexibility index (Phi) is 4.38. The number of pyridine rings is 1. The zero-order valence-corrected chi connectivity index (χ0v) is 16.0. The van der Waals surface area contributed by atoms with Crippen LogP contribution in [0.5, 0.6) is 0 Å². The molecule has 0 saturated heterocycles. The van der Waals surface area contributed by atoms with Gasteiger partial charge in [0, 0.05) is 38.4 Å². The number of amides is 1. The number of nitrogens with zero attached hydrogens (tertiary/aromatic N) is 2. The molecule has 2 atom stereocenters. The van der Waals surface area contributed by atoms with E-state index in [1.807, 2.05) is 42.9 Å². The lowest BCUT2D eigenvalue weighted by Gasteiger charge is -2.21. The molecule has 1 aliphatic rings. The molecule has 1 amide bonds. The highest BCUT2D eigenvalue weighted by Gasteiger charge is 2.31. The predicted octanol–water partition coefficient (Wildman–Crippen LogP) is 3.25. The maximum absolute atomic E-state index is 13.1. The van der Waals surface area contributed by atoms with Crippen LogP contribution in [0.15, 0.2) is 47.5 Å². The minimum absolute atomic E-state index is 0.101. The largest absolute Gasteiger partial charge is 0.349 e. The first-order valence-corrected chi connectivity index (χ1v) is 9.48. The number of hydrogen-bond donors (Lipinski definition) is 1. The van der Waals surface area contributed by atoms with E-state index in [0.717, 1.165) is 30.3 Å². The van der Waals surface area contributed by atoms with Crippen LogP contribution < -0.4 is 10.9 Å². The van der Waals surface area contributed by atoms with E-state index in [0.29, 0.717) is 16.9 Å². The van der Waals surface area contributed by atoms with Crippen molar-refractivity contribution in [3.63, 3.8) is 0 Å². The Balaban J connectivity index is 1.69. The molecule has 5 heteroatoms. The monoisotopic (exact) mass is 363 g/mol. The van der Waals surface area contributed by atoms with Crippen LogP contribution in [0.2, 0.25) is 0 Å². The molecule has 0 radical (unpaired) electrons. The summed E-state index contributed by atoms with van der Waals surface area (Å²) in [6.07, 6.45) is 6.73. The van der Waals surface area contributed by atoms with Crippen molar-refractivity contribution in [2.45, 2.75) is 38.1 Å². The molecule has 5 nitrogen and oxygen atoms in total. The molecule has 0 aliphatic heterocycles. The van der Waals surface area contributed by atoms with Gasteiger partial charge in [-0.2, -0.15) is 0 Å². The van der Waals surface area contributed by atoms with Gasteiger partial charge in [-0.15, -0.1) is 0 Å². The van der Waals surface area contributed by atoms with E-state index >= 15 is 0 Å². The molecule has 3 aromatic rings. The van der Waals surface area contributed by atoms with Gasteiger partial charge in [-0.1, -0.05) is 36.8 Å². The molecule has 2 unspecified atom stereocenters. The van der Waals surface area contributed by atoms with Gasteiger partial charge in [0.15, 0.2) is 0 Å². The Hall–Kier alpha value is -2.82. The maximum Gasteiger partial charge on any atom is 0.260 e. The van der Waals surface area contributed by atoms with Crippen molar-refractivity contribution in [3.8, 4) is 0 Å². The van der Waals surface area contributed by atoms with Gasteiger partial charge in [-0.05, 0) is 30.9 Å². The fraction of sp³-hybridized carbons (Fsp3) is 0.364. The number of benzene rings is 1. The lowest BCUT2D eigenvalue weighted by Crippen LogP contribution is -2.36. The number of aromatic nitrogens is 2. The van der Waals surface area contributed by atoms with Gasteiger partial charge < -0.3 is 14.5 Å². The number of carbonyl (C=O) groups excluding carboxylic acids is 1. The van der Waals surface area contributed by atoms with Gasteiger partial charge >= 0.3 is 0 Å². The molecule has 140 valence electrons. The predicted molar refractivity (Wildman–Crippen MR) is 107 cm³/mol. The van der Waals surface area contributed by atoms with E-state index in [1.165, 1.54) is 5.56 Å². The Morgan fingerprint density at radius 3 is 2.56 bits per heavy atom. The molecule has 0 spiro atoms. The third-order valence-electron chi connectivity index (χ3n) is 5.78. The lowest BCUT2D eigenvalue weighted by atomic mass is 9.94. The van der Waals surface area contributed by atoms with E-state index in [-0.39, 0.29) is 17.5 Å². The molecule has 1 saturated carbocycles. The van der Waals surface area contributed by atoms with E-state index < -0.39 is 0 Å². The highest BCUT2D eigenvalue weighted by molar-refractivity contribution is 6.07. The number of nitrogens with one attached hydrogen (secondary N) is 1. The normalized spacial score (nSPS) is 19.5. The molecule has 1 N–H and O–H groups in total. The second-order valence-electron chi connectivity index (χ2n) is 7.63. The van der Waals surface area contributed by atoms with Crippen molar-refractivity contribution in [3.05, 3.63) is 69.8 Å². The summed E-state index contributed by atoms with van der Waals surface area (Å²) < 4.78 is 3.43. The summed E-state index contributed by atoms with van der Waals surface area (Å²) in [5, 5.41) is 3.72. The lowest BCUT2D eigenvalue weighted by molar-refractivity contribution is 0.0936. The standard InChI is InChI=1S/C22H25N3O2/c1-14-12-25(3)22(27)19-17(13-24(2)20(14)19)21(26)23-18-11-7-10-16(18)15-8-5-4-6-9-15/h4-6,8-9,12-13,16,18H,7,10-11H2,1-3H3,(H,23,26). The number of rotatable bonds is 3. The molecule has 1 fully saturated rings. The first-order chi connectivity index (χ1) is 13.0. The Bertz CT molecular complexity index is 1060. The minimum Gasteiger partial charge on any atom is -0.349 e. The van der Waals surface area contributed by atoms with Crippen LogP contribution in [0, 0.1) is 6.92 Å². The van der Waals surface area contributed by atoms with E-state index in [1.54, 1.807) is 17.8 Å². The van der Waals surface area contributed by atoms with Crippen LogP contribution in [-0.2, 0) is 14.1 Å². The van der Waals surface area contributed by atoms with Crippen molar-refractivity contribution in [2.75, 3.05) is 0 Å². The molecule has 27 heavy (non-hydrogen) atoms. The van der Waals surface area contributed by atoms with Crippen LogP contribution in [0.4, 0.5) is 0 Å². The number of carbonyl (C=O) groups is 1. The molecule has 1 aliphatic carbocycles. The van der Waals surface area contributed by atoms with Gasteiger partial charge in [0.1, 0.15) is 0 Å². The Morgan fingerprint density at radius 1 is 1.07 bits per heavy atom. The fourth-order valence-corrected chi connectivity index (χ4v) is 4.56. The van der Waals surface area contributed by atoms with E-state index in [4.69, 9.17) is 0 Å². The van der Waals surface area contributed by atoms with Crippen molar-refractivity contribution in [1.29, 1.82) is 0 Å². The highest BCUT2D eigenvalue weighted by Crippen LogP contribution is 2.35. The van der Waals surface area contributed by atoms with Crippen molar-refractivity contribution < 1.29 is 4.79 Å². The third kappa shape index (κ3) is 2.97. The van der Waals surface area contributed by atoms with Crippen LogP contribution in [0.3, 0.4) is 0 Å². The summed E-state index contributed by atoms with van der Waals surface area (Å²) in [7, 11) is 3.61. The Labute approximate surface area is 158 Å². The zero-order chi connectivity index (χ0) is 19.1. The highest BCUT2D eigenvalue weighted by atomic mass is 16.2. The van der Waals surface area contributed by atoms with Crippen molar-refractivity contribution in [2.24, 2.45) is 14.1 Å². The summed E-state index contributed by atoms with van der Waals surface area (Å²) in [4.78, 5) is 25.8. The maximum atomic E-state index is 13.1. The SMILES string of the molecule is Cc1cn(C)c(=O)c2c(C(=O)NC3CCCC3c3ccccc3)cn(C)c12. The van der Waals surface area contributed by atoms with E-state index in [2.05, 4.69) is 17.4 Å². The van der Waals surface area contributed by atoms with Gasteiger partial charge in [0.25, 0.3) is 11.5 Å². The smallest absolute Gasteiger partial charge is 0.260 e. The second kappa shape index (κ2) is 6.72. The average molecular weight is 363 g/mol. The van der Waals surface area contributed by atoms with Crippen molar-refractivity contribution in [1.82, 2.24) is 14.5 Å². The molecular weight excluding hydrogens is 338 g/mol. The summed E-state index contributed by atoms with van der Waals surface area (Å²) in [6.45, 7) is 1.96. The third-order valence-corrected chi connectivity index (χ3v) is 5.78. The molecule has 1 aromatic carbocycles. The molecule has 4 rings (SSSR count). The quantitative estimate of drug-likeness (QED) is 0.777. The van der Waals surface area contributed by atoms with Gasteiger partial charge in [0.2, 0.25) is 0 Å². The molecular formula is C22H25N3O2. The summed E-state index contributed by atoms with van der Waals surface area (Å²) >= 11 is 0. The molecule has 0 bridgehead atoms. The molecule has 2 heterocycles. The first kappa shape index (κ1) is 17.6.